The van der Waals surface area contributed by atoms with Gasteiger partial charge in [0.2, 0.25) is 0 Å². The lowest BCUT2D eigenvalue weighted by atomic mass is 9.32. The van der Waals surface area contributed by atoms with Gasteiger partial charge in [0.1, 0.15) is 0 Å². The summed E-state index contributed by atoms with van der Waals surface area (Å²) in [6, 6.07) is 0. The Kier molecular flexibility index (Phi) is 0.596. The number of rotatable bonds is 0. The third-order valence-corrected chi connectivity index (χ3v) is 9.10. The SMILES string of the molecule is C1CC23CC4C5[C@@H]4[C@@]2(CC2C4CC425)CC13. The summed E-state index contributed by atoms with van der Waals surface area (Å²) < 4.78 is 0. The van der Waals surface area contributed by atoms with Crippen molar-refractivity contribution in [2.24, 2.45) is 51.8 Å². The van der Waals surface area contributed by atoms with Gasteiger partial charge in [-0.1, -0.05) is 0 Å². The maximum absolute atomic E-state index is 1.73. The monoisotopic (exact) mass is 198 g/mol. The van der Waals surface area contributed by atoms with Crippen LogP contribution in [0.2, 0.25) is 0 Å². The van der Waals surface area contributed by atoms with E-state index in [9.17, 15) is 0 Å². The second-order valence-electron chi connectivity index (χ2n) is 8.41. The van der Waals surface area contributed by atoms with Crippen LogP contribution in [0.5, 0.6) is 0 Å². The molecule has 78 valence electrons. The van der Waals surface area contributed by atoms with Crippen molar-refractivity contribution in [3.63, 3.8) is 0 Å². The molecular weight excluding hydrogens is 180 g/mol. The van der Waals surface area contributed by atoms with Gasteiger partial charge in [-0.25, -0.2) is 0 Å². The van der Waals surface area contributed by atoms with Gasteiger partial charge >= 0.3 is 0 Å². The summed E-state index contributed by atoms with van der Waals surface area (Å²) in [5, 5.41) is 0. The maximum atomic E-state index is 1.73. The summed E-state index contributed by atoms with van der Waals surface area (Å²) in [6.45, 7) is 0. The second-order valence-corrected chi connectivity index (χ2v) is 8.41. The molecule has 0 bridgehead atoms. The first-order valence-electron chi connectivity index (χ1n) is 7.34. The first kappa shape index (κ1) is 6.67. The van der Waals surface area contributed by atoms with E-state index >= 15 is 0 Å². The van der Waals surface area contributed by atoms with Crippen molar-refractivity contribution in [1.29, 1.82) is 0 Å². The molecule has 0 aromatic rings. The molecule has 7 fully saturated rings. The van der Waals surface area contributed by atoms with Crippen LogP contribution >= 0.6 is 0 Å². The van der Waals surface area contributed by atoms with Crippen molar-refractivity contribution in [3.05, 3.63) is 0 Å². The van der Waals surface area contributed by atoms with E-state index in [1.54, 1.807) is 38.5 Å². The smallest absolute Gasteiger partial charge is 0.0198 e. The highest BCUT2D eigenvalue weighted by Gasteiger charge is 2.97. The normalized spacial score (nSPS) is 91.2. The molecule has 0 aliphatic heterocycles. The zero-order valence-electron chi connectivity index (χ0n) is 9.21. The quantitative estimate of drug-likeness (QED) is 0.561. The Balaban J connectivity index is 1.48. The average Bonchev–Trinajstić information content (AvgIpc) is 3.05. The molecule has 0 N–H and O–H groups in total. The number of hydrogen-bond acceptors (Lipinski definition) is 0. The Morgan fingerprint density at radius 1 is 0.800 bits per heavy atom. The lowest BCUT2D eigenvalue weighted by molar-refractivity contribution is -0.234. The van der Waals surface area contributed by atoms with E-state index in [1.807, 2.05) is 0 Å². The van der Waals surface area contributed by atoms with Gasteiger partial charge in [0, 0.05) is 0 Å². The minimum atomic E-state index is 0.981. The topological polar surface area (TPSA) is 0 Å². The van der Waals surface area contributed by atoms with E-state index in [1.165, 1.54) is 35.5 Å². The van der Waals surface area contributed by atoms with Crippen molar-refractivity contribution in [1.82, 2.24) is 0 Å². The largest absolute Gasteiger partial charge is 0.0493 e. The lowest BCUT2D eigenvalue weighted by Gasteiger charge is -2.72. The van der Waals surface area contributed by atoms with Gasteiger partial charge in [-0.05, 0) is 90.3 Å². The second kappa shape index (κ2) is 1.34. The minimum Gasteiger partial charge on any atom is -0.0493 e. The van der Waals surface area contributed by atoms with E-state index < -0.39 is 0 Å². The van der Waals surface area contributed by atoms with Crippen LogP contribution in [-0.2, 0) is 0 Å². The van der Waals surface area contributed by atoms with Crippen LogP contribution in [0.25, 0.3) is 0 Å². The van der Waals surface area contributed by atoms with Gasteiger partial charge < -0.3 is 0 Å². The van der Waals surface area contributed by atoms with Crippen LogP contribution in [-0.4, -0.2) is 0 Å². The van der Waals surface area contributed by atoms with Gasteiger partial charge in [-0.2, -0.15) is 0 Å². The van der Waals surface area contributed by atoms with Crippen molar-refractivity contribution in [2.75, 3.05) is 0 Å². The number of hydrogen-bond donors (Lipinski definition) is 0. The highest BCUT2D eigenvalue weighted by atomic mass is 15.0. The zero-order chi connectivity index (χ0) is 9.21. The van der Waals surface area contributed by atoms with E-state index in [4.69, 9.17) is 0 Å². The molecule has 0 nitrogen and oxygen atoms in total. The maximum Gasteiger partial charge on any atom is -0.0198 e. The fraction of sp³-hybridized carbons (Fsp3) is 1.00. The summed E-state index contributed by atoms with van der Waals surface area (Å²) in [4.78, 5) is 0. The minimum absolute atomic E-state index is 0.981. The molecule has 7 aliphatic rings. The molecule has 0 amide bonds. The van der Waals surface area contributed by atoms with Crippen molar-refractivity contribution >= 4 is 0 Å². The predicted molar refractivity (Wildman–Crippen MR) is 55.9 cm³/mol. The summed E-state index contributed by atoms with van der Waals surface area (Å²) >= 11 is 0. The fourth-order valence-electron chi connectivity index (χ4n) is 8.50. The summed E-state index contributed by atoms with van der Waals surface area (Å²) in [6.07, 6.45) is 10.1. The Bertz CT molecular complexity index is 453. The van der Waals surface area contributed by atoms with Gasteiger partial charge in [0.25, 0.3) is 0 Å². The highest BCUT2D eigenvalue weighted by Crippen LogP contribution is 3.03. The van der Waals surface area contributed by atoms with Gasteiger partial charge in [-0.15, -0.1) is 0 Å². The van der Waals surface area contributed by atoms with Crippen molar-refractivity contribution < 1.29 is 0 Å². The van der Waals surface area contributed by atoms with Crippen LogP contribution in [0.3, 0.4) is 0 Å². The first-order chi connectivity index (χ1) is 7.34. The molecule has 0 saturated heterocycles. The van der Waals surface area contributed by atoms with Crippen LogP contribution in [0, 0.1) is 51.8 Å². The zero-order valence-corrected chi connectivity index (χ0v) is 9.21. The molecule has 9 atom stereocenters. The standard InChI is InChI=1S/C15H18/c1-2-13-4-8-11-12(8)15-6-10(15)9(15)5-14(11,13)3-7(1)13/h7-12H,1-6H2/t7?,8?,9?,10?,11-,12?,13?,14+,15?/m1/s1. The molecule has 7 unspecified atom stereocenters. The Labute approximate surface area is 90.8 Å². The molecule has 3 spiro atoms. The Morgan fingerprint density at radius 3 is 2.47 bits per heavy atom. The molecule has 15 heavy (non-hydrogen) atoms. The van der Waals surface area contributed by atoms with E-state index in [0.29, 0.717) is 0 Å². The highest BCUT2D eigenvalue weighted by molar-refractivity contribution is 5.45. The van der Waals surface area contributed by atoms with Crippen LogP contribution < -0.4 is 0 Å². The number of fused-ring (bicyclic) bond motifs is 2. The van der Waals surface area contributed by atoms with Gasteiger partial charge in [0.05, 0.1) is 0 Å². The van der Waals surface area contributed by atoms with E-state index in [2.05, 4.69) is 0 Å². The first-order valence-corrected chi connectivity index (χ1v) is 7.34. The molecule has 7 rings (SSSR count). The fourth-order valence-corrected chi connectivity index (χ4v) is 8.50. The van der Waals surface area contributed by atoms with Crippen LogP contribution in [0.4, 0.5) is 0 Å². The Morgan fingerprint density at radius 2 is 1.73 bits per heavy atom. The molecule has 0 aromatic heterocycles. The van der Waals surface area contributed by atoms with Crippen LogP contribution in [0.1, 0.15) is 38.5 Å². The predicted octanol–water partition coefficient (Wildman–Crippen LogP) is 3.08. The van der Waals surface area contributed by atoms with Gasteiger partial charge in [0.15, 0.2) is 0 Å². The molecule has 7 saturated carbocycles. The summed E-state index contributed by atoms with van der Waals surface area (Å²) in [5.41, 5.74) is 3.00. The van der Waals surface area contributed by atoms with E-state index in [0.717, 1.165) is 16.2 Å². The summed E-state index contributed by atoms with van der Waals surface area (Å²) in [5.74, 6) is 7.65. The third kappa shape index (κ3) is 0.358. The molecule has 0 aromatic carbocycles. The lowest BCUT2D eigenvalue weighted by Crippen LogP contribution is -2.64. The van der Waals surface area contributed by atoms with Crippen molar-refractivity contribution in [3.8, 4) is 0 Å². The molecule has 0 heteroatoms. The average molecular weight is 198 g/mol. The van der Waals surface area contributed by atoms with E-state index in [-0.39, 0.29) is 0 Å². The van der Waals surface area contributed by atoms with Crippen LogP contribution in [0.15, 0.2) is 0 Å². The van der Waals surface area contributed by atoms with Crippen molar-refractivity contribution in [2.45, 2.75) is 38.5 Å². The third-order valence-electron chi connectivity index (χ3n) is 9.10. The Hall–Kier alpha value is 0. The molecule has 0 heterocycles. The molecule has 0 radical (unpaired) electrons. The van der Waals surface area contributed by atoms with Gasteiger partial charge in [-0.3, -0.25) is 0 Å². The molecular formula is C15H18. The molecule has 7 aliphatic carbocycles. The summed E-state index contributed by atoms with van der Waals surface area (Å²) in [7, 11) is 0.